The molecule has 0 aliphatic carbocycles. The molecule has 3 rings (SSSR count). The van der Waals surface area contributed by atoms with Gasteiger partial charge in [-0.3, -0.25) is 14.2 Å². The Balaban J connectivity index is 1.63. The summed E-state index contributed by atoms with van der Waals surface area (Å²) >= 11 is 3.38. The molecule has 1 amide bonds. The van der Waals surface area contributed by atoms with E-state index in [1.54, 1.807) is 6.20 Å². The molecular formula is C17H18BrN5O. The molecule has 0 atom stereocenters. The van der Waals surface area contributed by atoms with E-state index >= 15 is 0 Å². The van der Waals surface area contributed by atoms with E-state index < -0.39 is 0 Å². The van der Waals surface area contributed by atoms with Gasteiger partial charge in [0.25, 0.3) is 5.91 Å². The van der Waals surface area contributed by atoms with Crippen LogP contribution in [0.25, 0.3) is 0 Å². The summed E-state index contributed by atoms with van der Waals surface area (Å²) in [6.07, 6.45) is 5.55. The molecule has 1 aromatic carbocycles. The second kappa shape index (κ2) is 7.44. The van der Waals surface area contributed by atoms with E-state index in [0.717, 1.165) is 22.3 Å². The first-order valence-electron chi connectivity index (χ1n) is 7.71. The van der Waals surface area contributed by atoms with Gasteiger partial charge in [0, 0.05) is 24.5 Å². The lowest BCUT2D eigenvalue weighted by Gasteiger charge is -2.06. The molecule has 0 fully saturated rings. The number of nitrogens with zero attached hydrogens (tertiary/aromatic N) is 4. The van der Waals surface area contributed by atoms with Crippen molar-refractivity contribution in [2.75, 3.05) is 0 Å². The molecule has 0 saturated carbocycles. The summed E-state index contributed by atoms with van der Waals surface area (Å²) in [5.74, 6) is -0.107. The maximum absolute atomic E-state index is 12.3. The molecule has 0 unspecified atom stereocenters. The molecule has 1 N–H and O–H groups in total. The Labute approximate surface area is 148 Å². The second-order valence-corrected chi connectivity index (χ2v) is 6.32. The van der Waals surface area contributed by atoms with Crippen molar-refractivity contribution in [1.29, 1.82) is 0 Å². The van der Waals surface area contributed by atoms with Crippen LogP contribution in [-0.2, 0) is 19.6 Å². The number of halogens is 1. The number of carbonyl (C=O) groups is 1. The Kier molecular flexibility index (Phi) is 5.10. The molecule has 2 aromatic heterocycles. The van der Waals surface area contributed by atoms with Crippen molar-refractivity contribution in [1.82, 2.24) is 24.9 Å². The Bertz CT molecular complexity index is 839. The predicted molar refractivity (Wildman–Crippen MR) is 94.5 cm³/mol. The van der Waals surface area contributed by atoms with E-state index in [1.807, 2.05) is 59.0 Å². The maximum atomic E-state index is 12.3. The Morgan fingerprint density at radius 1 is 1.29 bits per heavy atom. The third-order valence-electron chi connectivity index (χ3n) is 3.59. The van der Waals surface area contributed by atoms with E-state index in [2.05, 4.69) is 31.4 Å². The van der Waals surface area contributed by atoms with Gasteiger partial charge in [0.1, 0.15) is 0 Å². The number of nitrogens with one attached hydrogen (secondary N) is 1. The first kappa shape index (κ1) is 16.4. The van der Waals surface area contributed by atoms with Gasteiger partial charge in [0.15, 0.2) is 0 Å². The van der Waals surface area contributed by atoms with Crippen LogP contribution >= 0.6 is 15.9 Å². The van der Waals surface area contributed by atoms with Crippen LogP contribution in [0.3, 0.4) is 0 Å². The van der Waals surface area contributed by atoms with Crippen molar-refractivity contribution in [2.45, 2.75) is 26.6 Å². The average molecular weight is 388 g/mol. The highest BCUT2D eigenvalue weighted by Crippen LogP contribution is 2.11. The SMILES string of the molecule is CCn1ccc(CNC(=O)c2cccc(Cn3cc(Br)cn3)c2)n1. The molecule has 0 bridgehead atoms. The molecule has 3 aromatic rings. The largest absolute Gasteiger partial charge is 0.346 e. The van der Waals surface area contributed by atoms with Gasteiger partial charge in [-0.25, -0.2) is 0 Å². The summed E-state index contributed by atoms with van der Waals surface area (Å²) in [5, 5.41) is 11.5. The molecule has 124 valence electrons. The summed E-state index contributed by atoms with van der Waals surface area (Å²) in [4.78, 5) is 12.3. The smallest absolute Gasteiger partial charge is 0.251 e. The number of hydrogen-bond donors (Lipinski definition) is 1. The molecule has 0 radical (unpaired) electrons. The standard InChI is InChI=1S/C17H18BrN5O/c1-2-22-7-6-16(21-22)10-19-17(24)14-5-3-4-13(8-14)11-23-12-15(18)9-20-23/h3-9,12H,2,10-11H2,1H3,(H,19,24). The number of aryl methyl sites for hydroxylation is 1. The first-order valence-corrected chi connectivity index (χ1v) is 8.51. The number of hydrogen-bond acceptors (Lipinski definition) is 3. The van der Waals surface area contributed by atoms with Gasteiger partial charge in [-0.2, -0.15) is 10.2 Å². The minimum atomic E-state index is -0.107. The average Bonchev–Trinajstić information content (AvgIpc) is 3.21. The van der Waals surface area contributed by atoms with Crippen LogP contribution < -0.4 is 5.32 Å². The maximum Gasteiger partial charge on any atom is 0.251 e. The van der Waals surface area contributed by atoms with Crippen LogP contribution in [0.5, 0.6) is 0 Å². The summed E-state index contributed by atoms with van der Waals surface area (Å²) < 4.78 is 4.59. The number of amides is 1. The first-order chi connectivity index (χ1) is 11.6. The third-order valence-corrected chi connectivity index (χ3v) is 3.99. The molecule has 24 heavy (non-hydrogen) atoms. The topological polar surface area (TPSA) is 64.7 Å². The van der Waals surface area contributed by atoms with Gasteiger partial charge < -0.3 is 5.32 Å². The molecular weight excluding hydrogens is 370 g/mol. The highest BCUT2D eigenvalue weighted by atomic mass is 79.9. The monoisotopic (exact) mass is 387 g/mol. The number of aromatic nitrogens is 4. The Morgan fingerprint density at radius 3 is 2.88 bits per heavy atom. The van der Waals surface area contributed by atoms with Crippen LogP contribution in [0.4, 0.5) is 0 Å². The van der Waals surface area contributed by atoms with Crippen molar-refractivity contribution < 1.29 is 4.79 Å². The zero-order chi connectivity index (χ0) is 16.9. The zero-order valence-corrected chi connectivity index (χ0v) is 14.9. The minimum absolute atomic E-state index is 0.107. The van der Waals surface area contributed by atoms with Gasteiger partial charge in [-0.05, 0) is 46.6 Å². The molecule has 2 heterocycles. The van der Waals surface area contributed by atoms with Crippen molar-refractivity contribution >= 4 is 21.8 Å². The molecule has 0 saturated heterocycles. The van der Waals surface area contributed by atoms with Gasteiger partial charge in [0.2, 0.25) is 0 Å². The summed E-state index contributed by atoms with van der Waals surface area (Å²) in [7, 11) is 0. The van der Waals surface area contributed by atoms with Crippen molar-refractivity contribution in [3.63, 3.8) is 0 Å². The lowest BCUT2D eigenvalue weighted by atomic mass is 10.1. The lowest BCUT2D eigenvalue weighted by Crippen LogP contribution is -2.23. The van der Waals surface area contributed by atoms with Crippen LogP contribution in [0.1, 0.15) is 28.5 Å². The highest BCUT2D eigenvalue weighted by Gasteiger charge is 2.08. The fourth-order valence-corrected chi connectivity index (χ4v) is 2.70. The summed E-state index contributed by atoms with van der Waals surface area (Å²) in [5.41, 5.74) is 2.50. The lowest BCUT2D eigenvalue weighted by molar-refractivity contribution is 0.0950. The van der Waals surface area contributed by atoms with Gasteiger partial charge in [-0.15, -0.1) is 0 Å². The second-order valence-electron chi connectivity index (χ2n) is 5.40. The van der Waals surface area contributed by atoms with Crippen molar-refractivity contribution in [2.24, 2.45) is 0 Å². The van der Waals surface area contributed by atoms with E-state index in [-0.39, 0.29) is 5.91 Å². The van der Waals surface area contributed by atoms with Crippen molar-refractivity contribution in [3.05, 3.63) is 70.2 Å². The van der Waals surface area contributed by atoms with E-state index in [0.29, 0.717) is 18.7 Å². The number of carbonyl (C=O) groups excluding carboxylic acids is 1. The number of rotatable bonds is 6. The number of benzene rings is 1. The van der Waals surface area contributed by atoms with Gasteiger partial charge >= 0.3 is 0 Å². The van der Waals surface area contributed by atoms with Gasteiger partial charge in [0.05, 0.1) is 29.5 Å². The van der Waals surface area contributed by atoms with E-state index in [4.69, 9.17) is 0 Å². The van der Waals surface area contributed by atoms with Crippen molar-refractivity contribution in [3.8, 4) is 0 Å². The highest BCUT2D eigenvalue weighted by molar-refractivity contribution is 9.10. The minimum Gasteiger partial charge on any atom is -0.346 e. The van der Waals surface area contributed by atoms with Crippen LogP contribution in [0.2, 0.25) is 0 Å². The molecule has 0 spiro atoms. The summed E-state index contributed by atoms with van der Waals surface area (Å²) in [6, 6.07) is 9.47. The molecule has 0 aliphatic rings. The van der Waals surface area contributed by atoms with Crippen LogP contribution in [-0.4, -0.2) is 25.5 Å². The Morgan fingerprint density at radius 2 is 2.17 bits per heavy atom. The Hall–Kier alpha value is -2.41. The van der Waals surface area contributed by atoms with Gasteiger partial charge in [-0.1, -0.05) is 12.1 Å². The van der Waals surface area contributed by atoms with E-state index in [9.17, 15) is 4.79 Å². The fraction of sp³-hybridized carbons (Fsp3) is 0.235. The zero-order valence-electron chi connectivity index (χ0n) is 13.3. The molecule has 6 nitrogen and oxygen atoms in total. The van der Waals surface area contributed by atoms with Crippen LogP contribution in [0, 0.1) is 0 Å². The normalized spacial score (nSPS) is 10.8. The van der Waals surface area contributed by atoms with E-state index in [1.165, 1.54) is 0 Å². The fourth-order valence-electron chi connectivity index (χ4n) is 2.37. The molecule has 0 aliphatic heterocycles. The third kappa shape index (κ3) is 4.11. The predicted octanol–water partition coefficient (Wildman–Crippen LogP) is 2.84. The quantitative estimate of drug-likeness (QED) is 0.706. The summed E-state index contributed by atoms with van der Waals surface area (Å²) in [6.45, 7) is 3.88. The van der Waals surface area contributed by atoms with Crippen LogP contribution in [0.15, 0.2) is 53.4 Å². The molecule has 7 heteroatoms.